The van der Waals surface area contributed by atoms with E-state index in [1.165, 1.54) is 28.1 Å². The van der Waals surface area contributed by atoms with Gasteiger partial charge < -0.3 is 10.6 Å². The van der Waals surface area contributed by atoms with Gasteiger partial charge in [-0.1, -0.05) is 75.0 Å². The number of anilines is 2. The minimum Gasteiger partial charge on any atom is -0.399 e. The Morgan fingerprint density at radius 1 is 0.933 bits per heavy atom. The lowest BCUT2D eigenvalue weighted by molar-refractivity contribution is 0.334. The molecular weight excluding hydrogens is 364 g/mol. The molecule has 154 valence electrons. The highest BCUT2D eigenvalue weighted by molar-refractivity contribution is 5.63. The molecule has 0 radical (unpaired) electrons. The van der Waals surface area contributed by atoms with Gasteiger partial charge >= 0.3 is 0 Å². The van der Waals surface area contributed by atoms with Gasteiger partial charge in [0.25, 0.3) is 0 Å². The van der Waals surface area contributed by atoms with Gasteiger partial charge in [0, 0.05) is 23.0 Å². The van der Waals surface area contributed by atoms with Crippen LogP contribution in [-0.4, -0.2) is 0 Å². The maximum absolute atomic E-state index is 5.92. The number of aryl methyl sites for hydroxylation is 1. The molecule has 3 unspecified atom stereocenters. The van der Waals surface area contributed by atoms with E-state index in [4.69, 9.17) is 5.73 Å². The molecule has 0 aliphatic carbocycles. The molecule has 4 rings (SSSR count). The van der Waals surface area contributed by atoms with Crippen molar-refractivity contribution in [1.82, 2.24) is 0 Å². The number of rotatable bonds is 7. The van der Waals surface area contributed by atoms with Gasteiger partial charge in [-0.3, -0.25) is 0 Å². The molecule has 1 aliphatic heterocycles. The van der Waals surface area contributed by atoms with Crippen LogP contribution in [-0.2, 0) is 6.42 Å². The second kappa shape index (κ2) is 8.79. The standard InChI is InChI=1S/C28H32N2/c1-4-22-11-13-24(14-12-22)28-27(19-10-20(2)23-8-6-5-7-9-23)21(3)30(28)26-17-15-25(29)16-18-26/h5-9,11-18,20,27-28H,3-4,10,19,29H2,1-2H3. The Bertz CT molecular complexity index is 973. The minimum atomic E-state index is 0.329. The zero-order valence-corrected chi connectivity index (χ0v) is 18.1. The molecule has 3 atom stereocenters. The van der Waals surface area contributed by atoms with E-state index in [9.17, 15) is 0 Å². The van der Waals surface area contributed by atoms with Gasteiger partial charge in [0.2, 0.25) is 0 Å². The maximum atomic E-state index is 5.92. The number of hydrogen-bond acceptors (Lipinski definition) is 2. The largest absolute Gasteiger partial charge is 0.399 e. The van der Waals surface area contributed by atoms with Crippen molar-refractivity contribution in [2.24, 2.45) is 5.92 Å². The summed E-state index contributed by atoms with van der Waals surface area (Å²) in [5.41, 5.74) is 13.3. The van der Waals surface area contributed by atoms with Crippen LogP contribution in [0.5, 0.6) is 0 Å². The smallest absolute Gasteiger partial charge is 0.0670 e. The Balaban J connectivity index is 1.56. The van der Waals surface area contributed by atoms with E-state index in [2.05, 4.69) is 92.1 Å². The normalized spacial score (nSPS) is 19.4. The SMILES string of the molecule is C=C1C(CCC(C)c2ccccc2)C(c2ccc(CC)cc2)N1c1ccc(N)cc1. The van der Waals surface area contributed by atoms with Crippen molar-refractivity contribution in [2.75, 3.05) is 10.6 Å². The van der Waals surface area contributed by atoms with Gasteiger partial charge in [-0.05, 0) is 66.1 Å². The Morgan fingerprint density at radius 2 is 1.60 bits per heavy atom. The molecule has 1 heterocycles. The van der Waals surface area contributed by atoms with E-state index in [0.717, 1.165) is 24.9 Å². The summed E-state index contributed by atoms with van der Waals surface area (Å²) >= 11 is 0. The zero-order valence-electron chi connectivity index (χ0n) is 18.1. The molecule has 3 aromatic carbocycles. The second-order valence-corrected chi connectivity index (χ2v) is 8.49. The van der Waals surface area contributed by atoms with Crippen LogP contribution in [0.25, 0.3) is 0 Å². The fraction of sp³-hybridized carbons (Fsp3) is 0.286. The molecule has 1 saturated heterocycles. The highest BCUT2D eigenvalue weighted by Gasteiger charge is 2.43. The van der Waals surface area contributed by atoms with Gasteiger partial charge in [0.1, 0.15) is 0 Å². The molecule has 1 aliphatic rings. The van der Waals surface area contributed by atoms with Gasteiger partial charge in [-0.2, -0.15) is 0 Å². The highest BCUT2D eigenvalue weighted by Crippen LogP contribution is 2.51. The van der Waals surface area contributed by atoms with Crippen LogP contribution in [0.15, 0.2) is 91.1 Å². The molecule has 2 nitrogen and oxygen atoms in total. The predicted molar refractivity (Wildman–Crippen MR) is 129 cm³/mol. The van der Waals surface area contributed by atoms with Crippen molar-refractivity contribution in [3.63, 3.8) is 0 Å². The van der Waals surface area contributed by atoms with E-state index in [1.54, 1.807) is 0 Å². The number of nitrogens with two attached hydrogens (primary N) is 1. The first kappa shape index (κ1) is 20.3. The van der Waals surface area contributed by atoms with Crippen LogP contribution in [0, 0.1) is 5.92 Å². The summed E-state index contributed by atoms with van der Waals surface area (Å²) in [6.07, 6.45) is 3.37. The minimum absolute atomic E-state index is 0.329. The first-order valence-corrected chi connectivity index (χ1v) is 11.1. The molecular formula is C28H32N2. The van der Waals surface area contributed by atoms with Crippen molar-refractivity contribution in [2.45, 2.75) is 45.1 Å². The van der Waals surface area contributed by atoms with Crippen molar-refractivity contribution in [3.8, 4) is 0 Å². The maximum Gasteiger partial charge on any atom is 0.0670 e. The number of nitrogens with zero attached hydrogens (tertiary/aromatic N) is 1. The zero-order chi connectivity index (χ0) is 21.1. The summed E-state index contributed by atoms with van der Waals surface area (Å²) in [6.45, 7) is 9.01. The van der Waals surface area contributed by atoms with E-state index < -0.39 is 0 Å². The summed E-state index contributed by atoms with van der Waals surface area (Å²) in [5.74, 6) is 1.01. The average Bonchev–Trinajstić information content (AvgIpc) is 2.79. The molecule has 0 spiro atoms. The third-order valence-corrected chi connectivity index (χ3v) is 6.58. The molecule has 3 aromatic rings. The van der Waals surface area contributed by atoms with E-state index in [1.807, 2.05) is 12.1 Å². The monoisotopic (exact) mass is 396 g/mol. The number of hydrogen-bond donors (Lipinski definition) is 1. The third kappa shape index (κ3) is 4.00. The van der Waals surface area contributed by atoms with Crippen LogP contribution < -0.4 is 10.6 Å². The third-order valence-electron chi connectivity index (χ3n) is 6.58. The van der Waals surface area contributed by atoms with Crippen molar-refractivity contribution < 1.29 is 0 Å². The highest BCUT2D eigenvalue weighted by atomic mass is 15.2. The molecule has 2 N–H and O–H groups in total. The molecule has 0 amide bonds. The molecule has 2 heteroatoms. The van der Waals surface area contributed by atoms with Crippen LogP contribution in [0.1, 0.15) is 55.3 Å². The summed E-state index contributed by atoms with van der Waals surface area (Å²) < 4.78 is 0. The van der Waals surface area contributed by atoms with E-state index >= 15 is 0 Å². The van der Waals surface area contributed by atoms with Crippen LogP contribution >= 0.6 is 0 Å². The molecule has 30 heavy (non-hydrogen) atoms. The molecule has 0 bridgehead atoms. The average molecular weight is 397 g/mol. The number of nitrogen functional groups attached to an aromatic ring is 1. The Labute approximate surface area is 181 Å². The van der Waals surface area contributed by atoms with Crippen LogP contribution in [0.3, 0.4) is 0 Å². The molecule has 0 aromatic heterocycles. The lowest BCUT2D eigenvalue weighted by Crippen LogP contribution is -2.47. The Morgan fingerprint density at radius 3 is 2.23 bits per heavy atom. The Hall–Kier alpha value is -3.00. The fourth-order valence-corrected chi connectivity index (χ4v) is 4.63. The molecule has 1 fully saturated rings. The lowest BCUT2D eigenvalue weighted by Gasteiger charge is -2.52. The predicted octanol–water partition coefficient (Wildman–Crippen LogP) is 7.11. The van der Waals surface area contributed by atoms with Crippen LogP contribution in [0.4, 0.5) is 11.4 Å². The van der Waals surface area contributed by atoms with Gasteiger partial charge in [0.05, 0.1) is 6.04 Å². The second-order valence-electron chi connectivity index (χ2n) is 8.49. The van der Waals surface area contributed by atoms with Gasteiger partial charge in [-0.15, -0.1) is 0 Å². The summed E-state index contributed by atoms with van der Waals surface area (Å²) in [7, 11) is 0. The van der Waals surface area contributed by atoms with Crippen molar-refractivity contribution in [1.29, 1.82) is 0 Å². The first-order valence-electron chi connectivity index (χ1n) is 11.1. The summed E-state index contributed by atoms with van der Waals surface area (Å²) in [5, 5.41) is 0. The van der Waals surface area contributed by atoms with Crippen molar-refractivity contribution in [3.05, 3.63) is 108 Å². The lowest BCUT2D eigenvalue weighted by atomic mass is 9.75. The first-order chi connectivity index (χ1) is 14.6. The fourth-order valence-electron chi connectivity index (χ4n) is 4.63. The van der Waals surface area contributed by atoms with Crippen molar-refractivity contribution >= 4 is 11.4 Å². The van der Waals surface area contributed by atoms with Gasteiger partial charge in [0.15, 0.2) is 0 Å². The van der Waals surface area contributed by atoms with Gasteiger partial charge in [-0.25, -0.2) is 0 Å². The van der Waals surface area contributed by atoms with Crippen LogP contribution in [0.2, 0.25) is 0 Å². The topological polar surface area (TPSA) is 29.3 Å². The number of benzene rings is 3. The summed E-state index contributed by atoms with van der Waals surface area (Å²) in [4.78, 5) is 2.39. The summed E-state index contributed by atoms with van der Waals surface area (Å²) in [6, 6.07) is 28.5. The van der Waals surface area contributed by atoms with E-state index in [0.29, 0.717) is 17.9 Å². The Kier molecular flexibility index (Phi) is 5.94. The molecule has 0 saturated carbocycles. The van der Waals surface area contributed by atoms with E-state index in [-0.39, 0.29) is 0 Å². The quantitative estimate of drug-likeness (QED) is 0.431.